The maximum atomic E-state index is 12.8. The lowest BCUT2D eigenvalue weighted by Crippen LogP contribution is -2.35. The van der Waals surface area contributed by atoms with Crippen LogP contribution in [0.15, 0.2) is 11.1 Å². The van der Waals surface area contributed by atoms with Crippen LogP contribution in [0.1, 0.15) is 96.8 Å². The molecule has 2 aliphatic rings. The molecule has 0 spiro atoms. The maximum Gasteiger partial charge on any atom is 0.337 e. The minimum atomic E-state index is -0.789. The number of hydrogen-bond acceptors (Lipinski definition) is 6. The van der Waals surface area contributed by atoms with Crippen molar-refractivity contribution < 1.29 is 33.7 Å². The Morgan fingerprint density at radius 1 is 0.806 bits per heavy atom. The Morgan fingerprint density at radius 3 is 1.71 bits per heavy atom. The van der Waals surface area contributed by atoms with Crippen molar-refractivity contribution in [3.63, 3.8) is 0 Å². The highest BCUT2D eigenvalue weighted by Gasteiger charge is 2.64. The Kier molecular flexibility index (Phi) is 9.54. The standard InChI is InChI=1S/C24H38O7/c1-4-5-6-11-14-23-16-17-24(31-23,15-12-9-7-8-10-13-18(25)26)20(22(28)30-3)19(23)21(27)29-2/h4-17H2,1-3H3,(H,25,26). The summed E-state index contributed by atoms with van der Waals surface area (Å²) < 4.78 is 16.7. The van der Waals surface area contributed by atoms with Gasteiger partial charge in [0, 0.05) is 6.42 Å². The van der Waals surface area contributed by atoms with E-state index in [1.165, 1.54) is 14.2 Å². The third-order valence-electron chi connectivity index (χ3n) is 6.67. The van der Waals surface area contributed by atoms with Crippen LogP contribution in [-0.2, 0) is 28.6 Å². The topological polar surface area (TPSA) is 99.1 Å². The van der Waals surface area contributed by atoms with E-state index in [4.69, 9.17) is 19.3 Å². The van der Waals surface area contributed by atoms with Crippen LogP contribution in [0.2, 0.25) is 0 Å². The number of esters is 2. The van der Waals surface area contributed by atoms with E-state index in [9.17, 15) is 14.4 Å². The molecule has 2 bridgehead atoms. The fraction of sp³-hybridized carbons (Fsp3) is 0.792. The average Bonchev–Trinajstić information content (AvgIpc) is 3.26. The maximum absolute atomic E-state index is 12.8. The quantitative estimate of drug-likeness (QED) is 0.292. The van der Waals surface area contributed by atoms with E-state index in [2.05, 4.69) is 6.92 Å². The first kappa shape index (κ1) is 25.4. The molecule has 0 aromatic heterocycles. The van der Waals surface area contributed by atoms with E-state index in [-0.39, 0.29) is 6.42 Å². The Bertz CT molecular complexity index is 683. The molecule has 1 N–H and O–H groups in total. The fourth-order valence-corrected chi connectivity index (χ4v) is 5.12. The summed E-state index contributed by atoms with van der Waals surface area (Å²) in [4.78, 5) is 36.2. The molecule has 1 fully saturated rings. The molecular weight excluding hydrogens is 400 g/mol. The zero-order chi connectivity index (χ0) is 22.9. The van der Waals surface area contributed by atoms with Gasteiger partial charge in [-0.1, -0.05) is 58.3 Å². The first-order valence-electron chi connectivity index (χ1n) is 11.7. The summed E-state index contributed by atoms with van der Waals surface area (Å²) in [5, 5.41) is 8.74. The molecule has 0 radical (unpaired) electrons. The van der Waals surface area contributed by atoms with Gasteiger partial charge in [0.15, 0.2) is 0 Å². The SMILES string of the molecule is CCCCCCC12CCC(CCCCCCCC(=O)O)(O1)C(C(=O)OC)=C2C(=O)OC. The highest BCUT2D eigenvalue weighted by atomic mass is 16.6. The van der Waals surface area contributed by atoms with E-state index >= 15 is 0 Å². The molecule has 0 aliphatic carbocycles. The summed E-state index contributed by atoms with van der Waals surface area (Å²) >= 11 is 0. The van der Waals surface area contributed by atoms with Crippen molar-refractivity contribution in [2.45, 2.75) is 108 Å². The first-order chi connectivity index (χ1) is 14.9. The number of fused-ring (bicyclic) bond motifs is 2. The number of aliphatic carboxylic acids is 1. The van der Waals surface area contributed by atoms with E-state index in [1.54, 1.807) is 0 Å². The summed E-state index contributed by atoms with van der Waals surface area (Å²) in [6.07, 6.45) is 11.5. The second-order valence-corrected chi connectivity index (χ2v) is 8.80. The molecule has 7 heteroatoms. The van der Waals surface area contributed by atoms with Gasteiger partial charge >= 0.3 is 17.9 Å². The molecule has 0 aromatic rings. The van der Waals surface area contributed by atoms with Crippen LogP contribution in [0.5, 0.6) is 0 Å². The number of unbranched alkanes of at least 4 members (excludes halogenated alkanes) is 7. The average molecular weight is 439 g/mol. The molecule has 1 saturated heterocycles. The van der Waals surface area contributed by atoms with E-state index in [1.807, 2.05) is 0 Å². The fourth-order valence-electron chi connectivity index (χ4n) is 5.12. The molecule has 2 rings (SSSR count). The van der Waals surface area contributed by atoms with Gasteiger partial charge in [0.25, 0.3) is 0 Å². The van der Waals surface area contributed by atoms with Crippen LogP contribution in [0, 0.1) is 0 Å². The number of carbonyl (C=O) groups is 3. The molecule has 0 aromatic carbocycles. The van der Waals surface area contributed by atoms with Crippen molar-refractivity contribution in [3.8, 4) is 0 Å². The molecule has 2 heterocycles. The number of hydrogen-bond donors (Lipinski definition) is 1. The van der Waals surface area contributed by atoms with Crippen molar-refractivity contribution >= 4 is 17.9 Å². The van der Waals surface area contributed by atoms with E-state index in [0.717, 1.165) is 51.4 Å². The van der Waals surface area contributed by atoms with Crippen LogP contribution in [0.25, 0.3) is 0 Å². The van der Waals surface area contributed by atoms with Crippen molar-refractivity contribution in [1.82, 2.24) is 0 Å². The van der Waals surface area contributed by atoms with Crippen LogP contribution in [0.3, 0.4) is 0 Å². The molecular formula is C24H38O7. The Labute approximate surface area is 185 Å². The van der Waals surface area contributed by atoms with Gasteiger partial charge in [0.1, 0.15) is 11.2 Å². The third-order valence-corrected chi connectivity index (χ3v) is 6.67. The van der Waals surface area contributed by atoms with Gasteiger partial charge in [-0.3, -0.25) is 4.79 Å². The number of ether oxygens (including phenoxy) is 3. The predicted molar refractivity (Wildman–Crippen MR) is 116 cm³/mol. The smallest absolute Gasteiger partial charge is 0.337 e. The number of carboxylic acid groups (broad SMARTS) is 1. The lowest BCUT2D eigenvalue weighted by molar-refractivity contribution is -0.140. The minimum absolute atomic E-state index is 0.200. The molecule has 2 unspecified atom stereocenters. The van der Waals surface area contributed by atoms with Crippen molar-refractivity contribution in [2.24, 2.45) is 0 Å². The van der Waals surface area contributed by atoms with Gasteiger partial charge in [0.05, 0.1) is 25.4 Å². The number of methoxy groups -OCH3 is 2. The summed E-state index contributed by atoms with van der Waals surface area (Å²) in [7, 11) is 2.67. The van der Waals surface area contributed by atoms with Crippen LogP contribution in [0.4, 0.5) is 0 Å². The third kappa shape index (κ3) is 5.88. The van der Waals surface area contributed by atoms with Crippen LogP contribution in [-0.4, -0.2) is 48.4 Å². The first-order valence-corrected chi connectivity index (χ1v) is 11.7. The lowest BCUT2D eigenvalue weighted by atomic mass is 9.73. The van der Waals surface area contributed by atoms with Crippen LogP contribution < -0.4 is 0 Å². The van der Waals surface area contributed by atoms with E-state index in [0.29, 0.717) is 43.3 Å². The van der Waals surface area contributed by atoms with Gasteiger partial charge in [-0.25, -0.2) is 9.59 Å². The summed E-state index contributed by atoms with van der Waals surface area (Å²) in [5.74, 6) is -1.76. The molecule has 7 nitrogen and oxygen atoms in total. The molecule has 2 atom stereocenters. The summed E-state index contributed by atoms with van der Waals surface area (Å²) in [5.41, 5.74) is -0.825. The zero-order valence-electron chi connectivity index (χ0n) is 19.3. The molecule has 0 amide bonds. The van der Waals surface area contributed by atoms with Gasteiger partial charge in [-0.15, -0.1) is 0 Å². The van der Waals surface area contributed by atoms with Gasteiger partial charge in [-0.05, 0) is 32.1 Å². The Balaban J connectivity index is 2.14. The second-order valence-electron chi connectivity index (χ2n) is 8.80. The number of carboxylic acids is 1. The summed E-state index contributed by atoms with van der Waals surface area (Å²) in [6, 6.07) is 0. The van der Waals surface area contributed by atoms with Crippen molar-refractivity contribution in [1.29, 1.82) is 0 Å². The Morgan fingerprint density at radius 2 is 1.26 bits per heavy atom. The number of rotatable bonds is 15. The highest BCUT2D eigenvalue weighted by Crippen LogP contribution is 2.58. The zero-order valence-corrected chi connectivity index (χ0v) is 19.3. The highest BCUT2D eigenvalue weighted by molar-refractivity contribution is 6.04. The van der Waals surface area contributed by atoms with Crippen LogP contribution >= 0.6 is 0 Å². The van der Waals surface area contributed by atoms with Crippen molar-refractivity contribution in [2.75, 3.05) is 14.2 Å². The molecule has 0 saturated carbocycles. The monoisotopic (exact) mass is 438 g/mol. The predicted octanol–water partition coefficient (Wildman–Crippen LogP) is 4.72. The Hall–Kier alpha value is -1.89. The van der Waals surface area contributed by atoms with E-state index < -0.39 is 29.1 Å². The largest absolute Gasteiger partial charge is 0.481 e. The van der Waals surface area contributed by atoms with Crippen molar-refractivity contribution in [3.05, 3.63) is 11.1 Å². The minimum Gasteiger partial charge on any atom is -0.481 e. The lowest BCUT2D eigenvalue weighted by Gasteiger charge is -2.27. The number of carbonyl (C=O) groups excluding carboxylic acids is 2. The van der Waals surface area contributed by atoms with Gasteiger partial charge in [-0.2, -0.15) is 0 Å². The molecule has 176 valence electrons. The summed E-state index contributed by atoms with van der Waals surface area (Å²) in [6.45, 7) is 2.15. The normalized spacial score (nSPS) is 24.5. The molecule has 2 aliphatic heterocycles. The van der Waals surface area contributed by atoms with Gasteiger partial charge < -0.3 is 19.3 Å². The second kappa shape index (κ2) is 11.7. The van der Waals surface area contributed by atoms with Gasteiger partial charge in [0.2, 0.25) is 0 Å². The molecule has 31 heavy (non-hydrogen) atoms.